The van der Waals surface area contributed by atoms with Gasteiger partial charge in [0.25, 0.3) is 5.69 Å². The maximum absolute atomic E-state index is 12.0. The van der Waals surface area contributed by atoms with Gasteiger partial charge in [0.05, 0.1) is 29.5 Å². The second-order valence-corrected chi connectivity index (χ2v) is 24.9. The normalized spacial score (nSPS) is 20.0. The molecule has 0 saturated carbocycles. The van der Waals surface area contributed by atoms with Gasteiger partial charge in [0, 0.05) is 19.4 Å². The Hall–Kier alpha value is -3.25. The monoisotopic (exact) mass is 686 g/mol. The van der Waals surface area contributed by atoms with Crippen LogP contribution in [0.5, 0.6) is 5.88 Å². The molecule has 1 unspecified atom stereocenters. The molecule has 1 aromatic carbocycles. The first-order chi connectivity index (χ1) is 21.6. The third kappa shape index (κ3) is 8.08. The number of aromatic nitrogens is 4. The first-order valence-electron chi connectivity index (χ1n) is 16.0. The van der Waals surface area contributed by atoms with Gasteiger partial charge < -0.3 is 18.3 Å². The van der Waals surface area contributed by atoms with E-state index in [0.29, 0.717) is 29.8 Å². The van der Waals surface area contributed by atoms with Gasteiger partial charge in [-0.2, -0.15) is 9.97 Å². The van der Waals surface area contributed by atoms with Crippen LogP contribution in [0.15, 0.2) is 30.6 Å². The molecule has 4 rings (SSSR count). The summed E-state index contributed by atoms with van der Waals surface area (Å²) in [6.45, 7) is 25.6. The average molecular weight is 687 g/mol. The summed E-state index contributed by atoms with van der Waals surface area (Å²) in [6, 6.07) is 6.37. The van der Waals surface area contributed by atoms with E-state index in [0.717, 1.165) is 0 Å². The molecule has 0 radical (unpaired) electrons. The minimum atomic E-state index is -2.18. The number of fused-ring (bicyclic) bond motifs is 1. The van der Waals surface area contributed by atoms with Gasteiger partial charge >= 0.3 is 0 Å². The largest absolute Gasteiger partial charge is 0.468 e. The number of carbonyl (C=O) groups excluding carboxylic acids is 1. The summed E-state index contributed by atoms with van der Waals surface area (Å²) in [4.78, 5) is 36.9. The van der Waals surface area contributed by atoms with Crippen molar-refractivity contribution in [3.8, 4) is 5.88 Å². The number of hydrogen-bond donors (Lipinski definition) is 1. The molecular formula is C32H50N6O7Si2. The van der Waals surface area contributed by atoms with Crippen molar-refractivity contribution in [1.29, 1.82) is 0 Å². The number of nitrogens with one attached hydrogen (secondary N) is 1. The van der Waals surface area contributed by atoms with Crippen molar-refractivity contribution < 1.29 is 28.0 Å². The van der Waals surface area contributed by atoms with E-state index in [1.807, 2.05) is 0 Å². The van der Waals surface area contributed by atoms with Crippen LogP contribution in [-0.2, 0) is 18.4 Å². The number of hydrogen-bond acceptors (Lipinski definition) is 10. The number of imidazole rings is 1. The molecule has 4 atom stereocenters. The lowest BCUT2D eigenvalue weighted by molar-refractivity contribution is -0.386. The first kappa shape index (κ1) is 36.6. The Kier molecular flexibility index (Phi) is 10.4. The molecule has 1 N–H and O–H groups in total. The predicted octanol–water partition coefficient (Wildman–Crippen LogP) is 7.53. The van der Waals surface area contributed by atoms with Crippen molar-refractivity contribution in [2.75, 3.05) is 11.9 Å². The van der Waals surface area contributed by atoms with Crippen LogP contribution >= 0.6 is 0 Å². The number of nitro groups is 1. The maximum Gasteiger partial charge on any atom is 0.276 e. The molecule has 1 amide bonds. The summed E-state index contributed by atoms with van der Waals surface area (Å²) in [7, 11) is -4.26. The van der Waals surface area contributed by atoms with E-state index in [1.165, 1.54) is 13.0 Å². The molecule has 258 valence electrons. The molecule has 0 aliphatic carbocycles. The third-order valence-corrected chi connectivity index (χ3v) is 18.7. The number of rotatable bonds is 11. The topological polar surface area (TPSA) is 153 Å². The molecule has 0 spiro atoms. The number of ether oxygens (including phenoxy) is 2. The van der Waals surface area contributed by atoms with Gasteiger partial charge in [0.2, 0.25) is 17.7 Å². The summed E-state index contributed by atoms with van der Waals surface area (Å²) in [6.07, 6.45) is 0.340. The third-order valence-electron chi connectivity index (χ3n) is 9.69. The summed E-state index contributed by atoms with van der Waals surface area (Å²) in [5.74, 6) is -0.273. The van der Waals surface area contributed by atoms with Crippen LogP contribution in [0.4, 0.5) is 11.6 Å². The number of para-hydroxylation sites is 1. The van der Waals surface area contributed by atoms with Crippen molar-refractivity contribution in [2.24, 2.45) is 0 Å². The van der Waals surface area contributed by atoms with E-state index in [4.69, 9.17) is 18.3 Å². The van der Waals surface area contributed by atoms with Crippen molar-refractivity contribution in [3.05, 3.63) is 46.3 Å². The highest BCUT2D eigenvalue weighted by Gasteiger charge is 2.47. The van der Waals surface area contributed by atoms with E-state index in [1.54, 1.807) is 36.0 Å². The zero-order valence-corrected chi connectivity index (χ0v) is 31.7. The fraction of sp³-hybridized carbons (Fsp3) is 0.625. The van der Waals surface area contributed by atoms with Gasteiger partial charge in [-0.25, -0.2) is 4.98 Å². The Balaban J connectivity index is 1.72. The molecule has 2 aromatic heterocycles. The van der Waals surface area contributed by atoms with Gasteiger partial charge in [-0.3, -0.25) is 24.8 Å². The van der Waals surface area contributed by atoms with Gasteiger partial charge in [0.1, 0.15) is 18.4 Å². The highest BCUT2D eigenvalue weighted by Crippen LogP contribution is 2.43. The molecule has 0 bridgehead atoms. The average Bonchev–Trinajstić information content (AvgIpc) is 3.54. The molecule has 1 fully saturated rings. The zero-order chi connectivity index (χ0) is 35.1. The summed E-state index contributed by atoms with van der Waals surface area (Å²) < 4.78 is 28.3. The second-order valence-electron chi connectivity index (χ2n) is 15.3. The van der Waals surface area contributed by atoms with Gasteiger partial charge in [-0.15, -0.1) is 0 Å². The number of nitrogens with zero attached hydrogens (tertiary/aromatic N) is 5. The molecule has 3 aromatic rings. The number of nitro benzene ring substituents is 1. The highest BCUT2D eigenvalue weighted by molar-refractivity contribution is 6.74. The molecular weight excluding hydrogens is 637 g/mol. The van der Waals surface area contributed by atoms with Crippen molar-refractivity contribution in [2.45, 2.75) is 123 Å². The van der Waals surface area contributed by atoms with E-state index in [-0.39, 0.29) is 45.7 Å². The Morgan fingerprint density at radius 2 is 1.74 bits per heavy atom. The zero-order valence-electron chi connectivity index (χ0n) is 29.7. The van der Waals surface area contributed by atoms with Crippen molar-refractivity contribution in [1.82, 2.24) is 19.5 Å². The Bertz CT molecular complexity index is 1620. The number of amides is 1. The van der Waals surface area contributed by atoms with Gasteiger partial charge in [-0.1, -0.05) is 53.7 Å². The van der Waals surface area contributed by atoms with Crippen LogP contribution in [0, 0.1) is 10.1 Å². The van der Waals surface area contributed by atoms with Crippen LogP contribution in [0.1, 0.15) is 79.7 Å². The smallest absolute Gasteiger partial charge is 0.276 e. The SMILES string of the molecule is CC(=O)Nc1nc(OC(C)c2ccccc2[N+](=O)[O-])c2ncn([C@H]3C[C@H](O[Si](C)(C)C(C)(C)C)[C@@H](CO[Si](C)(C)C(C)(C)C)O3)c2n1. The van der Waals surface area contributed by atoms with Crippen molar-refractivity contribution >= 4 is 45.3 Å². The van der Waals surface area contributed by atoms with Gasteiger partial charge in [0.15, 0.2) is 27.8 Å². The number of benzene rings is 1. The standard InChI is InChI=1S/C32H50N6O7Si2/c1-20(22-15-13-14-16-23(22)38(40)41)43-29-27-28(35-30(36-29)34-21(2)39)37(19-33-27)26-17-24(45-47(11,12)32(6,7)8)25(44-26)18-42-46(9,10)31(3,4)5/h13-16,19-20,24-26H,17-18H2,1-12H3,(H,34,35,36,39)/t20?,24-,25+,26+/m0/s1. The van der Waals surface area contributed by atoms with Crippen LogP contribution in [0.25, 0.3) is 11.2 Å². The Labute approximate surface area is 279 Å². The second kappa shape index (κ2) is 13.3. The molecule has 1 aliphatic rings. The fourth-order valence-electron chi connectivity index (χ4n) is 4.83. The van der Waals surface area contributed by atoms with Crippen LogP contribution < -0.4 is 10.1 Å². The highest BCUT2D eigenvalue weighted by atomic mass is 28.4. The quantitative estimate of drug-likeness (QED) is 0.122. The molecule has 13 nitrogen and oxygen atoms in total. The van der Waals surface area contributed by atoms with Crippen LogP contribution in [0.2, 0.25) is 36.3 Å². The Morgan fingerprint density at radius 3 is 2.34 bits per heavy atom. The number of carbonyl (C=O) groups is 1. The summed E-state index contributed by atoms with van der Waals surface area (Å²) in [5.41, 5.74) is 1.02. The summed E-state index contributed by atoms with van der Waals surface area (Å²) in [5, 5.41) is 14.4. The molecule has 47 heavy (non-hydrogen) atoms. The van der Waals surface area contributed by atoms with Gasteiger partial charge in [-0.05, 0) is 49.3 Å². The fourth-order valence-corrected chi connectivity index (χ4v) is 7.21. The van der Waals surface area contributed by atoms with E-state index in [9.17, 15) is 14.9 Å². The lowest BCUT2D eigenvalue weighted by Gasteiger charge is -2.40. The van der Waals surface area contributed by atoms with E-state index >= 15 is 0 Å². The lowest BCUT2D eigenvalue weighted by atomic mass is 10.1. The minimum Gasteiger partial charge on any atom is -0.468 e. The van der Waals surface area contributed by atoms with Crippen LogP contribution in [0.3, 0.4) is 0 Å². The molecule has 15 heteroatoms. The predicted molar refractivity (Wildman–Crippen MR) is 186 cm³/mol. The molecule has 3 heterocycles. The van der Waals surface area contributed by atoms with E-state index < -0.39 is 33.9 Å². The maximum atomic E-state index is 12.0. The lowest BCUT2D eigenvalue weighted by Crippen LogP contribution is -2.48. The first-order valence-corrected chi connectivity index (χ1v) is 21.8. The number of anilines is 1. The minimum absolute atomic E-state index is 0.00509. The van der Waals surface area contributed by atoms with Crippen LogP contribution in [-0.4, -0.2) is 65.8 Å². The van der Waals surface area contributed by atoms with E-state index in [2.05, 4.69) is 88.0 Å². The van der Waals surface area contributed by atoms with Crippen molar-refractivity contribution in [3.63, 3.8) is 0 Å². The summed E-state index contributed by atoms with van der Waals surface area (Å²) >= 11 is 0. The molecule has 1 aliphatic heterocycles. The molecule has 1 saturated heterocycles. The Morgan fingerprint density at radius 1 is 1.11 bits per heavy atom.